The zero-order chi connectivity index (χ0) is 8.16. The zero-order valence-electron chi connectivity index (χ0n) is 7.73. The summed E-state index contributed by atoms with van der Waals surface area (Å²) in [5, 5.41) is 0.143. The fraction of sp³-hybridized carbons (Fsp3) is 1.00. The standard InChI is InChI=1S/C10H19B/c1-10(11)8-6-4-2-3-5-7-9-10/h2-9H2,1H3. The van der Waals surface area contributed by atoms with E-state index < -0.39 is 0 Å². The van der Waals surface area contributed by atoms with Crippen molar-refractivity contribution in [2.75, 3.05) is 0 Å². The summed E-state index contributed by atoms with van der Waals surface area (Å²) in [7, 11) is 6.12. The molecule has 0 aromatic heterocycles. The van der Waals surface area contributed by atoms with E-state index in [-0.39, 0.29) is 5.31 Å². The van der Waals surface area contributed by atoms with Crippen LogP contribution in [0.4, 0.5) is 0 Å². The number of hydrogen-bond acceptors (Lipinski definition) is 0. The molecule has 0 amide bonds. The van der Waals surface area contributed by atoms with Crippen molar-refractivity contribution in [2.24, 2.45) is 0 Å². The highest BCUT2D eigenvalue weighted by molar-refractivity contribution is 6.14. The molecule has 0 N–H and O–H groups in total. The van der Waals surface area contributed by atoms with Gasteiger partial charge in [-0.15, -0.1) is 0 Å². The predicted molar refractivity (Wildman–Crippen MR) is 51.1 cm³/mol. The van der Waals surface area contributed by atoms with Crippen LogP contribution in [0.15, 0.2) is 0 Å². The first-order valence-corrected chi connectivity index (χ1v) is 5.00. The van der Waals surface area contributed by atoms with Crippen molar-refractivity contribution in [2.45, 2.75) is 63.6 Å². The SMILES string of the molecule is [B]C1(C)CCCCCCCC1. The molecule has 0 saturated heterocycles. The van der Waals surface area contributed by atoms with E-state index in [2.05, 4.69) is 6.92 Å². The minimum absolute atomic E-state index is 0.143. The molecule has 1 fully saturated rings. The molecule has 0 atom stereocenters. The van der Waals surface area contributed by atoms with Crippen molar-refractivity contribution in [3.8, 4) is 0 Å². The van der Waals surface area contributed by atoms with Gasteiger partial charge in [0.2, 0.25) is 0 Å². The molecule has 0 aromatic carbocycles. The molecule has 62 valence electrons. The molecular weight excluding hydrogens is 131 g/mol. The van der Waals surface area contributed by atoms with Gasteiger partial charge in [-0.05, 0) is 0 Å². The van der Waals surface area contributed by atoms with Gasteiger partial charge in [-0.3, -0.25) is 0 Å². The summed E-state index contributed by atoms with van der Waals surface area (Å²) in [6, 6.07) is 0. The summed E-state index contributed by atoms with van der Waals surface area (Å²) in [5.74, 6) is 0. The van der Waals surface area contributed by atoms with Gasteiger partial charge in [0.1, 0.15) is 0 Å². The largest absolute Gasteiger partial charge is 0.0742 e. The summed E-state index contributed by atoms with van der Waals surface area (Å²) in [5.41, 5.74) is 0. The molecule has 0 heterocycles. The second-order valence-electron chi connectivity index (χ2n) is 4.28. The third kappa shape index (κ3) is 3.84. The van der Waals surface area contributed by atoms with E-state index in [4.69, 9.17) is 7.85 Å². The lowest BCUT2D eigenvalue weighted by Crippen LogP contribution is -2.07. The van der Waals surface area contributed by atoms with E-state index >= 15 is 0 Å². The van der Waals surface area contributed by atoms with Crippen LogP contribution in [0.2, 0.25) is 5.31 Å². The van der Waals surface area contributed by atoms with Crippen molar-refractivity contribution in [1.82, 2.24) is 0 Å². The molecule has 0 aromatic rings. The first kappa shape index (κ1) is 9.16. The van der Waals surface area contributed by atoms with Crippen molar-refractivity contribution >= 4 is 7.85 Å². The Bertz CT molecular complexity index is 95.4. The van der Waals surface area contributed by atoms with Gasteiger partial charge >= 0.3 is 0 Å². The lowest BCUT2D eigenvalue weighted by molar-refractivity contribution is 0.487. The molecule has 2 radical (unpaired) electrons. The third-order valence-corrected chi connectivity index (χ3v) is 2.75. The van der Waals surface area contributed by atoms with Crippen LogP contribution in [0.3, 0.4) is 0 Å². The molecule has 0 spiro atoms. The van der Waals surface area contributed by atoms with Crippen LogP contribution < -0.4 is 0 Å². The molecule has 0 aliphatic heterocycles. The van der Waals surface area contributed by atoms with Gasteiger partial charge in [0, 0.05) is 0 Å². The van der Waals surface area contributed by atoms with Crippen LogP contribution in [-0.4, -0.2) is 7.85 Å². The molecular formula is C10H19B. The first-order valence-electron chi connectivity index (χ1n) is 5.00. The normalized spacial score (nSPS) is 26.6. The fourth-order valence-corrected chi connectivity index (χ4v) is 1.89. The van der Waals surface area contributed by atoms with Gasteiger partial charge in [0.15, 0.2) is 0 Å². The molecule has 11 heavy (non-hydrogen) atoms. The lowest BCUT2D eigenvalue weighted by atomic mass is 9.65. The Morgan fingerprint density at radius 2 is 1.18 bits per heavy atom. The maximum absolute atomic E-state index is 6.12. The average molecular weight is 150 g/mol. The van der Waals surface area contributed by atoms with Crippen LogP contribution in [0, 0.1) is 0 Å². The van der Waals surface area contributed by atoms with E-state index in [0.717, 1.165) is 0 Å². The first-order chi connectivity index (χ1) is 5.21. The smallest absolute Gasteiger partial charge is 0.0688 e. The molecule has 1 heteroatoms. The summed E-state index contributed by atoms with van der Waals surface area (Å²) >= 11 is 0. The average Bonchev–Trinajstić information content (AvgIpc) is 2.00. The van der Waals surface area contributed by atoms with Crippen LogP contribution in [-0.2, 0) is 0 Å². The molecule has 1 aliphatic rings. The molecule has 1 rings (SSSR count). The molecule has 0 nitrogen and oxygen atoms in total. The Hall–Kier alpha value is 0.0649. The van der Waals surface area contributed by atoms with Crippen molar-refractivity contribution < 1.29 is 0 Å². The van der Waals surface area contributed by atoms with Crippen molar-refractivity contribution in [3.63, 3.8) is 0 Å². The topological polar surface area (TPSA) is 0 Å². The molecule has 0 unspecified atom stereocenters. The minimum atomic E-state index is 0.143. The zero-order valence-corrected chi connectivity index (χ0v) is 7.73. The lowest BCUT2D eigenvalue weighted by Gasteiger charge is -2.23. The Labute approximate surface area is 72.2 Å². The van der Waals surface area contributed by atoms with Gasteiger partial charge in [-0.25, -0.2) is 0 Å². The highest BCUT2D eigenvalue weighted by Gasteiger charge is 2.16. The van der Waals surface area contributed by atoms with E-state index in [0.29, 0.717) is 0 Å². The molecule has 1 saturated carbocycles. The van der Waals surface area contributed by atoms with E-state index in [9.17, 15) is 0 Å². The monoisotopic (exact) mass is 150 g/mol. The van der Waals surface area contributed by atoms with Gasteiger partial charge in [0.25, 0.3) is 0 Å². The van der Waals surface area contributed by atoms with E-state index in [1.807, 2.05) is 0 Å². The molecule has 0 bridgehead atoms. The van der Waals surface area contributed by atoms with Gasteiger partial charge in [-0.2, -0.15) is 0 Å². The van der Waals surface area contributed by atoms with Crippen molar-refractivity contribution in [3.05, 3.63) is 0 Å². The van der Waals surface area contributed by atoms with E-state index in [1.165, 1.54) is 51.4 Å². The fourth-order valence-electron chi connectivity index (χ4n) is 1.89. The maximum Gasteiger partial charge on any atom is 0.0742 e. The van der Waals surface area contributed by atoms with Crippen LogP contribution in [0.25, 0.3) is 0 Å². The predicted octanol–water partition coefficient (Wildman–Crippen LogP) is 3.47. The third-order valence-electron chi connectivity index (χ3n) is 2.75. The van der Waals surface area contributed by atoms with Crippen molar-refractivity contribution in [1.29, 1.82) is 0 Å². The van der Waals surface area contributed by atoms with Gasteiger partial charge in [0.05, 0.1) is 7.85 Å². The number of hydrogen-bond donors (Lipinski definition) is 0. The summed E-state index contributed by atoms with van der Waals surface area (Å²) < 4.78 is 0. The summed E-state index contributed by atoms with van der Waals surface area (Å²) in [6.07, 6.45) is 10.8. The summed E-state index contributed by atoms with van der Waals surface area (Å²) in [6.45, 7) is 2.21. The number of rotatable bonds is 0. The van der Waals surface area contributed by atoms with Gasteiger partial charge < -0.3 is 0 Å². The van der Waals surface area contributed by atoms with Crippen LogP contribution >= 0.6 is 0 Å². The minimum Gasteiger partial charge on any atom is -0.0688 e. The van der Waals surface area contributed by atoms with Crippen LogP contribution in [0.5, 0.6) is 0 Å². The Morgan fingerprint density at radius 1 is 0.818 bits per heavy atom. The van der Waals surface area contributed by atoms with E-state index in [1.54, 1.807) is 0 Å². The maximum atomic E-state index is 6.12. The van der Waals surface area contributed by atoms with Crippen LogP contribution in [0.1, 0.15) is 58.3 Å². The summed E-state index contributed by atoms with van der Waals surface area (Å²) in [4.78, 5) is 0. The Morgan fingerprint density at radius 3 is 1.64 bits per heavy atom. The quantitative estimate of drug-likeness (QED) is 0.464. The highest BCUT2D eigenvalue weighted by Crippen LogP contribution is 2.35. The molecule has 1 aliphatic carbocycles. The highest BCUT2D eigenvalue weighted by atomic mass is 14.2. The second-order valence-corrected chi connectivity index (χ2v) is 4.28. The Kier molecular flexibility index (Phi) is 3.48. The van der Waals surface area contributed by atoms with Gasteiger partial charge in [-0.1, -0.05) is 63.6 Å². The Balaban J connectivity index is 2.31. The second kappa shape index (κ2) is 4.18.